The molecule has 0 bridgehead atoms. The molecule has 2 heterocycles. The summed E-state index contributed by atoms with van der Waals surface area (Å²) in [6, 6.07) is 10.1. The molecule has 132 valence electrons. The van der Waals surface area contributed by atoms with E-state index in [9.17, 15) is 14.3 Å². The van der Waals surface area contributed by atoms with Gasteiger partial charge in [0.05, 0.1) is 11.5 Å². The Hall–Kier alpha value is -2.27. The number of amides is 1. The van der Waals surface area contributed by atoms with Crippen LogP contribution in [0.3, 0.4) is 0 Å². The van der Waals surface area contributed by atoms with Crippen molar-refractivity contribution < 1.29 is 14.3 Å². The van der Waals surface area contributed by atoms with E-state index in [0.29, 0.717) is 32.4 Å². The fraction of sp³-hybridized carbons (Fsp3) is 0.400. The van der Waals surface area contributed by atoms with E-state index in [1.165, 1.54) is 12.1 Å². The summed E-state index contributed by atoms with van der Waals surface area (Å²) in [6.07, 6.45) is 4.80. The number of likely N-dealkylation sites (tertiary alicyclic amines) is 1. The summed E-state index contributed by atoms with van der Waals surface area (Å²) < 4.78 is 13.3. The van der Waals surface area contributed by atoms with Crippen LogP contribution in [-0.2, 0) is 11.2 Å². The highest BCUT2D eigenvalue weighted by Gasteiger charge is 2.35. The van der Waals surface area contributed by atoms with Crippen molar-refractivity contribution in [3.8, 4) is 0 Å². The quantitative estimate of drug-likeness (QED) is 0.929. The molecule has 1 N–H and O–H groups in total. The van der Waals surface area contributed by atoms with Crippen LogP contribution in [0.2, 0.25) is 0 Å². The summed E-state index contributed by atoms with van der Waals surface area (Å²) in [5.74, 6) is -0.483. The molecule has 1 fully saturated rings. The molecule has 1 aromatic heterocycles. The smallest absolute Gasteiger partial charge is 0.229 e. The van der Waals surface area contributed by atoms with Crippen LogP contribution in [0.5, 0.6) is 0 Å². The van der Waals surface area contributed by atoms with Gasteiger partial charge in [-0.05, 0) is 49.1 Å². The van der Waals surface area contributed by atoms with Gasteiger partial charge in [0, 0.05) is 31.9 Å². The van der Waals surface area contributed by atoms with Crippen molar-refractivity contribution in [1.82, 2.24) is 9.88 Å². The number of hydrogen-bond acceptors (Lipinski definition) is 3. The number of benzene rings is 1. The van der Waals surface area contributed by atoms with Crippen LogP contribution in [0.15, 0.2) is 48.8 Å². The second-order valence-electron chi connectivity index (χ2n) is 6.86. The van der Waals surface area contributed by atoms with Crippen molar-refractivity contribution in [3.63, 3.8) is 0 Å². The third-order valence-electron chi connectivity index (χ3n) is 4.98. The molecule has 0 saturated carbocycles. The number of nitrogens with zero attached hydrogens (tertiary/aromatic N) is 2. The molecule has 25 heavy (non-hydrogen) atoms. The van der Waals surface area contributed by atoms with E-state index in [2.05, 4.69) is 4.98 Å². The van der Waals surface area contributed by atoms with Gasteiger partial charge in [0.25, 0.3) is 0 Å². The minimum atomic E-state index is -0.887. The van der Waals surface area contributed by atoms with Crippen molar-refractivity contribution in [3.05, 3.63) is 65.7 Å². The van der Waals surface area contributed by atoms with Gasteiger partial charge in [-0.2, -0.15) is 0 Å². The van der Waals surface area contributed by atoms with E-state index in [0.717, 1.165) is 11.1 Å². The van der Waals surface area contributed by atoms with Gasteiger partial charge in [-0.1, -0.05) is 18.2 Å². The van der Waals surface area contributed by atoms with Gasteiger partial charge in [-0.25, -0.2) is 4.39 Å². The SMILES string of the molecule is C[C@H](C(=O)N1CCC(O)(Cc2cccc(F)c2)CC1)c1cccnc1. The van der Waals surface area contributed by atoms with Crippen molar-refractivity contribution >= 4 is 5.91 Å². The topological polar surface area (TPSA) is 53.4 Å². The van der Waals surface area contributed by atoms with Gasteiger partial charge >= 0.3 is 0 Å². The number of hydrogen-bond donors (Lipinski definition) is 1. The van der Waals surface area contributed by atoms with Gasteiger partial charge in [0.2, 0.25) is 5.91 Å². The molecule has 0 unspecified atom stereocenters. The van der Waals surface area contributed by atoms with Gasteiger partial charge in [0.1, 0.15) is 5.82 Å². The summed E-state index contributed by atoms with van der Waals surface area (Å²) in [6.45, 7) is 2.90. The molecule has 4 nitrogen and oxygen atoms in total. The van der Waals surface area contributed by atoms with Gasteiger partial charge in [0.15, 0.2) is 0 Å². The lowest BCUT2D eigenvalue weighted by Gasteiger charge is -2.39. The zero-order chi connectivity index (χ0) is 17.9. The maximum atomic E-state index is 13.3. The van der Waals surface area contributed by atoms with Crippen LogP contribution < -0.4 is 0 Å². The zero-order valence-electron chi connectivity index (χ0n) is 14.4. The third kappa shape index (κ3) is 4.23. The molecule has 1 saturated heterocycles. The van der Waals surface area contributed by atoms with Crippen LogP contribution in [0, 0.1) is 5.82 Å². The minimum Gasteiger partial charge on any atom is -0.389 e. The van der Waals surface area contributed by atoms with Gasteiger partial charge in [-0.15, -0.1) is 0 Å². The van der Waals surface area contributed by atoms with E-state index in [1.807, 2.05) is 25.1 Å². The molecule has 2 aromatic rings. The van der Waals surface area contributed by atoms with E-state index in [1.54, 1.807) is 23.4 Å². The van der Waals surface area contributed by atoms with Gasteiger partial charge in [-0.3, -0.25) is 9.78 Å². The van der Waals surface area contributed by atoms with Gasteiger partial charge < -0.3 is 10.0 Å². The molecule has 3 rings (SSSR count). The van der Waals surface area contributed by atoms with Crippen LogP contribution in [0.4, 0.5) is 4.39 Å². The number of carbonyl (C=O) groups is 1. The summed E-state index contributed by atoms with van der Waals surface area (Å²) >= 11 is 0. The monoisotopic (exact) mass is 342 g/mol. The Morgan fingerprint density at radius 2 is 2.08 bits per heavy atom. The molecule has 5 heteroatoms. The summed E-state index contributed by atoms with van der Waals surface area (Å²) in [5, 5.41) is 10.8. The fourth-order valence-corrected chi connectivity index (χ4v) is 3.40. The first-order valence-electron chi connectivity index (χ1n) is 8.62. The highest BCUT2D eigenvalue weighted by Crippen LogP contribution is 2.28. The van der Waals surface area contributed by atoms with Crippen LogP contribution >= 0.6 is 0 Å². The first-order valence-corrected chi connectivity index (χ1v) is 8.62. The summed E-state index contributed by atoms with van der Waals surface area (Å²) in [4.78, 5) is 18.6. The number of rotatable bonds is 4. The Labute approximate surface area is 147 Å². The lowest BCUT2D eigenvalue weighted by Crippen LogP contribution is -2.48. The van der Waals surface area contributed by atoms with Crippen molar-refractivity contribution in [2.24, 2.45) is 0 Å². The molecule has 1 aliphatic rings. The predicted molar refractivity (Wildman–Crippen MR) is 93.5 cm³/mol. The average Bonchev–Trinajstić information content (AvgIpc) is 2.61. The largest absolute Gasteiger partial charge is 0.389 e. The van der Waals surface area contributed by atoms with Crippen molar-refractivity contribution in [2.45, 2.75) is 37.7 Å². The molecular formula is C20H23FN2O2. The number of aliphatic hydroxyl groups is 1. The predicted octanol–water partition coefficient (Wildman–Crippen LogP) is 2.92. The molecule has 0 aliphatic carbocycles. The maximum Gasteiger partial charge on any atom is 0.229 e. The maximum absolute atomic E-state index is 13.3. The highest BCUT2D eigenvalue weighted by molar-refractivity contribution is 5.83. The second-order valence-corrected chi connectivity index (χ2v) is 6.86. The van der Waals surface area contributed by atoms with E-state index in [4.69, 9.17) is 0 Å². The Morgan fingerprint density at radius 1 is 1.32 bits per heavy atom. The number of pyridine rings is 1. The number of halogens is 1. The van der Waals surface area contributed by atoms with Crippen molar-refractivity contribution in [2.75, 3.05) is 13.1 Å². The molecular weight excluding hydrogens is 319 g/mol. The van der Waals surface area contributed by atoms with E-state index >= 15 is 0 Å². The molecule has 1 aliphatic heterocycles. The lowest BCUT2D eigenvalue weighted by molar-refractivity contribution is -0.136. The number of aromatic nitrogens is 1. The Morgan fingerprint density at radius 3 is 2.72 bits per heavy atom. The van der Waals surface area contributed by atoms with Crippen LogP contribution in [-0.4, -0.2) is 39.6 Å². The summed E-state index contributed by atoms with van der Waals surface area (Å²) in [5.41, 5.74) is 0.793. The first kappa shape index (κ1) is 17.5. The Bertz CT molecular complexity index is 727. The molecule has 0 spiro atoms. The van der Waals surface area contributed by atoms with Crippen LogP contribution in [0.1, 0.15) is 36.8 Å². The Kier molecular flexibility index (Phi) is 5.13. The standard InChI is InChI=1S/C20H23FN2O2/c1-15(17-5-3-9-22-14-17)19(24)23-10-7-20(25,8-11-23)13-16-4-2-6-18(21)12-16/h2-6,9,12,14-15,25H,7-8,10-11,13H2,1H3/t15-/m0/s1. The first-order chi connectivity index (χ1) is 12.0. The third-order valence-corrected chi connectivity index (χ3v) is 4.98. The Balaban J connectivity index is 1.60. The lowest BCUT2D eigenvalue weighted by atomic mass is 9.85. The minimum absolute atomic E-state index is 0.0563. The average molecular weight is 342 g/mol. The molecule has 1 atom stereocenters. The second kappa shape index (κ2) is 7.31. The van der Waals surface area contributed by atoms with Crippen molar-refractivity contribution in [1.29, 1.82) is 0 Å². The fourth-order valence-electron chi connectivity index (χ4n) is 3.40. The van der Waals surface area contributed by atoms with Crippen LogP contribution in [0.25, 0.3) is 0 Å². The molecule has 1 amide bonds. The molecule has 1 aromatic carbocycles. The highest BCUT2D eigenvalue weighted by atomic mass is 19.1. The number of carbonyl (C=O) groups excluding carboxylic acids is 1. The zero-order valence-corrected chi connectivity index (χ0v) is 14.4. The van der Waals surface area contributed by atoms with E-state index in [-0.39, 0.29) is 17.6 Å². The summed E-state index contributed by atoms with van der Waals surface area (Å²) in [7, 11) is 0. The van der Waals surface area contributed by atoms with E-state index < -0.39 is 5.60 Å². The molecule has 0 radical (unpaired) electrons. The normalized spacial score (nSPS) is 18.0. The number of piperidine rings is 1.